The molecule has 0 bridgehead atoms. The molecule has 2 N–H and O–H groups in total. The second kappa shape index (κ2) is 6.09. The first-order valence-electron chi connectivity index (χ1n) is 5.89. The molecule has 0 fully saturated rings. The Labute approximate surface area is 118 Å². The van der Waals surface area contributed by atoms with E-state index in [1.165, 1.54) is 6.20 Å². The first kappa shape index (κ1) is 16.2. The van der Waals surface area contributed by atoms with Gasteiger partial charge in [-0.15, -0.1) is 0 Å². The van der Waals surface area contributed by atoms with E-state index in [9.17, 15) is 18.3 Å². The molecule has 0 saturated carbocycles. The number of alkyl halides is 3. The van der Waals surface area contributed by atoms with Gasteiger partial charge in [0.1, 0.15) is 5.82 Å². The molecule has 19 heavy (non-hydrogen) atoms. The molecule has 1 rings (SSSR count). The van der Waals surface area contributed by atoms with Gasteiger partial charge in [0, 0.05) is 10.7 Å². The molecular weight excluding hydrogens is 325 g/mol. The number of anilines is 1. The van der Waals surface area contributed by atoms with Crippen molar-refractivity contribution in [2.45, 2.75) is 38.4 Å². The topological polar surface area (TPSA) is 45.1 Å². The molecule has 0 saturated heterocycles. The van der Waals surface area contributed by atoms with E-state index in [4.69, 9.17) is 0 Å². The van der Waals surface area contributed by atoms with Gasteiger partial charge in [-0.05, 0) is 34.8 Å². The number of halogens is 4. The van der Waals surface area contributed by atoms with Gasteiger partial charge in [0.25, 0.3) is 0 Å². The van der Waals surface area contributed by atoms with Crippen LogP contribution in [0, 0.1) is 0 Å². The molecule has 108 valence electrons. The fourth-order valence-corrected chi connectivity index (χ4v) is 2.03. The van der Waals surface area contributed by atoms with Crippen molar-refractivity contribution in [3.8, 4) is 0 Å². The Morgan fingerprint density at radius 1 is 1.32 bits per heavy atom. The predicted molar refractivity (Wildman–Crippen MR) is 71.0 cm³/mol. The first-order valence-corrected chi connectivity index (χ1v) is 6.69. The number of nitrogens with one attached hydrogen (secondary N) is 1. The summed E-state index contributed by atoms with van der Waals surface area (Å²) in [6.07, 6.45) is -2.21. The smallest absolute Gasteiger partial charge is 0.394 e. The van der Waals surface area contributed by atoms with Crippen LogP contribution < -0.4 is 5.32 Å². The van der Waals surface area contributed by atoms with Crippen LogP contribution in [0.15, 0.2) is 16.7 Å². The fourth-order valence-electron chi connectivity index (χ4n) is 1.70. The van der Waals surface area contributed by atoms with Gasteiger partial charge in [-0.25, -0.2) is 4.98 Å². The highest BCUT2D eigenvalue weighted by Gasteiger charge is 2.37. The molecule has 0 spiro atoms. The summed E-state index contributed by atoms with van der Waals surface area (Å²) in [6, 6.07) is 0.975. The molecular formula is C12H16BrF3N2O. The molecule has 0 radical (unpaired) electrons. The Kier molecular flexibility index (Phi) is 5.20. The summed E-state index contributed by atoms with van der Waals surface area (Å²) < 4.78 is 39.1. The van der Waals surface area contributed by atoms with Crippen molar-refractivity contribution < 1.29 is 18.3 Å². The maximum Gasteiger partial charge on any atom is 0.419 e. The molecule has 0 amide bonds. The monoisotopic (exact) mass is 340 g/mol. The van der Waals surface area contributed by atoms with Crippen LogP contribution in [-0.4, -0.2) is 22.2 Å². The maximum absolute atomic E-state index is 13.0. The minimum Gasteiger partial charge on any atom is -0.394 e. The molecule has 3 nitrogen and oxygen atoms in total. The standard InChI is InChI=1S/C12H16BrF3N2O/c1-3-11(4-2,7-19)18-10-9(12(14,15)16)5-8(13)6-17-10/h5-6,19H,3-4,7H2,1-2H3,(H,17,18). The van der Waals surface area contributed by atoms with Gasteiger partial charge in [0.05, 0.1) is 17.7 Å². The Morgan fingerprint density at radius 2 is 1.89 bits per heavy atom. The second-order valence-electron chi connectivity index (χ2n) is 4.32. The number of aliphatic hydroxyl groups excluding tert-OH is 1. The Balaban J connectivity index is 3.21. The van der Waals surface area contributed by atoms with Crippen molar-refractivity contribution in [1.29, 1.82) is 0 Å². The van der Waals surface area contributed by atoms with Crippen LogP contribution in [0.5, 0.6) is 0 Å². The van der Waals surface area contributed by atoms with E-state index in [0.717, 1.165) is 6.07 Å². The molecule has 1 heterocycles. The van der Waals surface area contributed by atoms with E-state index in [1.807, 2.05) is 0 Å². The lowest BCUT2D eigenvalue weighted by molar-refractivity contribution is -0.137. The zero-order chi connectivity index (χ0) is 14.7. The quantitative estimate of drug-likeness (QED) is 0.856. The number of hydrogen-bond donors (Lipinski definition) is 2. The molecule has 1 aromatic heterocycles. The Morgan fingerprint density at radius 3 is 2.32 bits per heavy atom. The Hall–Kier alpha value is -0.820. The van der Waals surface area contributed by atoms with E-state index in [2.05, 4.69) is 26.2 Å². The van der Waals surface area contributed by atoms with E-state index < -0.39 is 17.3 Å². The predicted octanol–water partition coefficient (Wildman–Crippen LogP) is 3.83. The van der Waals surface area contributed by atoms with Gasteiger partial charge in [0.2, 0.25) is 0 Å². The summed E-state index contributed by atoms with van der Waals surface area (Å²) in [6.45, 7) is 3.35. The second-order valence-corrected chi connectivity index (χ2v) is 5.23. The number of aliphatic hydroxyl groups is 1. The number of rotatable bonds is 5. The van der Waals surface area contributed by atoms with Gasteiger partial charge in [0.15, 0.2) is 0 Å². The lowest BCUT2D eigenvalue weighted by Gasteiger charge is -2.32. The molecule has 7 heteroatoms. The zero-order valence-corrected chi connectivity index (χ0v) is 12.3. The maximum atomic E-state index is 13.0. The molecule has 1 aromatic rings. The highest BCUT2D eigenvalue weighted by Crippen LogP contribution is 2.36. The summed E-state index contributed by atoms with van der Waals surface area (Å²) in [4.78, 5) is 3.78. The lowest BCUT2D eigenvalue weighted by atomic mass is 9.93. The summed E-state index contributed by atoms with van der Waals surface area (Å²) in [5.41, 5.74) is -1.64. The molecule has 0 atom stereocenters. The first-order chi connectivity index (χ1) is 8.78. The number of hydrogen-bond acceptors (Lipinski definition) is 3. The van der Waals surface area contributed by atoms with Gasteiger partial charge in [-0.2, -0.15) is 13.2 Å². The SMILES string of the molecule is CCC(CC)(CO)Nc1ncc(Br)cc1C(F)(F)F. The van der Waals surface area contributed by atoms with Gasteiger partial charge >= 0.3 is 6.18 Å². The van der Waals surface area contributed by atoms with Crippen molar-refractivity contribution in [3.05, 3.63) is 22.3 Å². The minimum atomic E-state index is -4.50. The number of pyridine rings is 1. The third-order valence-electron chi connectivity index (χ3n) is 3.20. The molecule has 0 aliphatic heterocycles. The van der Waals surface area contributed by atoms with Crippen molar-refractivity contribution in [1.82, 2.24) is 4.98 Å². The number of nitrogens with zero attached hydrogens (tertiary/aromatic N) is 1. The van der Waals surface area contributed by atoms with Crippen molar-refractivity contribution in [2.75, 3.05) is 11.9 Å². The Bertz CT molecular complexity index is 425. The van der Waals surface area contributed by atoms with Crippen molar-refractivity contribution in [2.24, 2.45) is 0 Å². The van der Waals surface area contributed by atoms with E-state index >= 15 is 0 Å². The van der Waals surface area contributed by atoms with Crippen molar-refractivity contribution >= 4 is 21.7 Å². The summed E-state index contributed by atoms with van der Waals surface area (Å²) in [7, 11) is 0. The average Bonchev–Trinajstić information content (AvgIpc) is 2.37. The van der Waals surface area contributed by atoms with Crippen LogP contribution in [0.2, 0.25) is 0 Å². The average molecular weight is 341 g/mol. The number of aromatic nitrogens is 1. The minimum absolute atomic E-state index is 0.255. The summed E-state index contributed by atoms with van der Waals surface area (Å²) >= 11 is 2.98. The third-order valence-corrected chi connectivity index (χ3v) is 3.63. The van der Waals surface area contributed by atoms with Crippen LogP contribution in [0.1, 0.15) is 32.3 Å². The third kappa shape index (κ3) is 3.82. The van der Waals surface area contributed by atoms with Crippen molar-refractivity contribution in [3.63, 3.8) is 0 Å². The largest absolute Gasteiger partial charge is 0.419 e. The lowest BCUT2D eigenvalue weighted by Crippen LogP contribution is -2.41. The van der Waals surface area contributed by atoms with E-state index in [0.29, 0.717) is 12.8 Å². The molecule has 0 aromatic carbocycles. The highest BCUT2D eigenvalue weighted by atomic mass is 79.9. The van der Waals surface area contributed by atoms with Crippen LogP contribution in [0.3, 0.4) is 0 Å². The summed E-state index contributed by atoms with van der Waals surface area (Å²) in [5.74, 6) is -0.256. The summed E-state index contributed by atoms with van der Waals surface area (Å²) in [5, 5.41) is 12.1. The van der Waals surface area contributed by atoms with Gasteiger partial charge < -0.3 is 10.4 Å². The van der Waals surface area contributed by atoms with Gasteiger partial charge in [-0.3, -0.25) is 0 Å². The fraction of sp³-hybridized carbons (Fsp3) is 0.583. The van der Waals surface area contributed by atoms with Crippen LogP contribution >= 0.6 is 15.9 Å². The van der Waals surface area contributed by atoms with E-state index in [-0.39, 0.29) is 16.9 Å². The normalized spacial score (nSPS) is 12.6. The highest BCUT2D eigenvalue weighted by molar-refractivity contribution is 9.10. The van der Waals surface area contributed by atoms with Crippen LogP contribution in [-0.2, 0) is 6.18 Å². The molecule has 0 aliphatic carbocycles. The van der Waals surface area contributed by atoms with Gasteiger partial charge in [-0.1, -0.05) is 13.8 Å². The van der Waals surface area contributed by atoms with Crippen LogP contribution in [0.25, 0.3) is 0 Å². The molecule has 0 aliphatic rings. The van der Waals surface area contributed by atoms with Crippen LogP contribution in [0.4, 0.5) is 19.0 Å². The van der Waals surface area contributed by atoms with E-state index in [1.54, 1.807) is 13.8 Å². The zero-order valence-electron chi connectivity index (χ0n) is 10.7. The molecule has 0 unspecified atom stereocenters.